The van der Waals surface area contributed by atoms with E-state index in [-0.39, 0.29) is 18.0 Å². The Kier molecular flexibility index (Phi) is 5.58. The van der Waals surface area contributed by atoms with E-state index in [4.69, 9.17) is 16.0 Å². The van der Waals surface area contributed by atoms with Gasteiger partial charge in [0.25, 0.3) is 5.91 Å². The van der Waals surface area contributed by atoms with Gasteiger partial charge in [-0.3, -0.25) is 14.7 Å². The Bertz CT molecular complexity index is 883. The molecule has 0 bridgehead atoms. The minimum atomic E-state index is -0.0369. The number of halogens is 1. The van der Waals surface area contributed by atoms with Crippen LogP contribution in [-0.4, -0.2) is 28.1 Å². The zero-order valence-electron chi connectivity index (χ0n) is 15.2. The van der Waals surface area contributed by atoms with Crippen LogP contribution in [-0.2, 0) is 4.79 Å². The van der Waals surface area contributed by atoms with Crippen molar-refractivity contribution in [1.29, 1.82) is 0 Å². The van der Waals surface area contributed by atoms with Gasteiger partial charge < -0.3 is 4.42 Å². The monoisotopic (exact) mass is 388 g/mol. The Morgan fingerprint density at radius 1 is 1.19 bits per heavy atom. The van der Waals surface area contributed by atoms with Crippen molar-refractivity contribution in [2.45, 2.75) is 39.8 Å². The minimum absolute atomic E-state index is 0.0369. The number of amides is 1. The average Bonchev–Trinajstić information content (AvgIpc) is 3.12. The minimum Gasteiger partial charge on any atom is -0.457 e. The number of carbonyl (C=O) groups is 1. The molecule has 1 aromatic heterocycles. The number of amidine groups is 1. The first kappa shape index (κ1) is 18.8. The summed E-state index contributed by atoms with van der Waals surface area (Å²) in [5.41, 5.74) is 0.901. The number of carbonyl (C=O) groups excluding carboxylic acids is 1. The number of thioether (sulfide) groups is 1. The molecule has 1 aliphatic heterocycles. The SMILES string of the molecule is CC(C)N=C1S/C(=C/c2ccc(-c3cccc(Cl)c3)o2)C(=O)N1C(C)C. The van der Waals surface area contributed by atoms with Gasteiger partial charge in [0.2, 0.25) is 0 Å². The molecule has 4 nitrogen and oxygen atoms in total. The maximum atomic E-state index is 12.8. The van der Waals surface area contributed by atoms with Crippen LogP contribution in [0, 0.1) is 0 Å². The van der Waals surface area contributed by atoms with Crippen LogP contribution in [0.3, 0.4) is 0 Å². The molecule has 2 aromatic rings. The summed E-state index contributed by atoms with van der Waals surface area (Å²) >= 11 is 7.43. The van der Waals surface area contributed by atoms with E-state index in [9.17, 15) is 4.79 Å². The van der Waals surface area contributed by atoms with Crippen LogP contribution in [0.25, 0.3) is 17.4 Å². The van der Waals surface area contributed by atoms with Crippen molar-refractivity contribution in [2.24, 2.45) is 4.99 Å². The highest BCUT2D eigenvalue weighted by atomic mass is 35.5. The Morgan fingerprint density at radius 2 is 1.96 bits per heavy atom. The molecule has 0 spiro atoms. The molecular formula is C20H21ClN2O2S. The van der Waals surface area contributed by atoms with Crippen molar-refractivity contribution in [3.8, 4) is 11.3 Å². The van der Waals surface area contributed by atoms with Crippen molar-refractivity contribution in [3.63, 3.8) is 0 Å². The first-order chi connectivity index (χ1) is 12.3. The van der Waals surface area contributed by atoms with E-state index in [0.29, 0.717) is 21.4 Å². The van der Waals surface area contributed by atoms with Crippen molar-refractivity contribution >= 4 is 40.5 Å². The predicted molar refractivity (Wildman–Crippen MR) is 109 cm³/mol. The van der Waals surface area contributed by atoms with Gasteiger partial charge in [0, 0.05) is 28.7 Å². The zero-order chi connectivity index (χ0) is 18.8. The average molecular weight is 389 g/mol. The Morgan fingerprint density at radius 3 is 2.62 bits per heavy atom. The van der Waals surface area contributed by atoms with Crippen molar-refractivity contribution in [3.05, 3.63) is 52.1 Å². The van der Waals surface area contributed by atoms with Crippen LogP contribution < -0.4 is 0 Å². The molecule has 1 aliphatic rings. The summed E-state index contributed by atoms with van der Waals surface area (Å²) in [6.45, 7) is 7.98. The molecule has 26 heavy (non-hydrogen) atoms. The molecule has 0 aliphatic carbocycles. The second kappa shape index (κ2) is 7.72. The van der Waals surface area contributed by atoms with E-state index in [1.165, 1.54) is 11.8 Å². The number of rotatable bonds is 4. The molecule has 2 heterocycles. The second-order valence-corrected chi connectivity index (χ2v) is 8.04. The Labute approximate surface area is 162 Å². The molecule has 0 N–H and O–H groups in total. The van der Waals surface area contributed by atoms with Crippen LogP contribution in [0.5, 0.6) is 0 Å². The fourth-order valence-corrected chi connectivity index (χ4v) is 4.01. The summed E-state index contributed by atoms with van der Waals surface area (Å²) in [5, 5.41) is 1.40. The van der Waals surface area contributed by atoms with E-state index < -0.39 is 0 Å². The van der Waals surface area contributed by atoms with Gasteiger partial charge in [-0.05, 0) is 63.7 Å². The van der Waals surface area contributed by atoms with Crippen LogP contribution in [0.2, 0.25) is 5.02 Å². The first-order valence-electron chi connectivity index (χ1n) is 8.52. The topological polar surface area (TPSA) is 45.8 Å². The molecule has 1 fully saturated rings. The highest BCUT2D eigenvalue weighted by Crippen LogP contribution is 2.35. The van der Waals surface area contributed by atoms with E-state index in [0.717, 1.165) is 10.7 Å². The lowest BCUT2D eigenvalue weighted by molar-refractivity contribution is -0.123. The molecule has 1 saturated heterocycles. The molecule has 3 rings (SSSR count). The van der Waals surface area contributed by atoms with Gasteiger partial charge in [0.05, 0.1) is 4.91 Å². The fourth-order valence-electron chi connectivity index (χ4n) is 2.61. The summed E-state index contributed by atoms with van der Waals surface area (Å²) in [6, 6.07) is 11.4. The molecule has 6 heteroatoms. The van der Waals surface area contributed by atoms with Gasteiger partial charge in [0.15, 0.2) is 5.17 Å². The summed E-state index contributed by atoms with van der Waals surface area (Å²) in [4.78, 5) is 19.7. The number of hydrogen-bond acceptors (Lipinski definition) is 4. The smallest absolute Gasteiger partial charge is 0.267 e. The highest BCUT2D eigenvalue weighted by Gasteiger charge is 2.35. The lowest BCUT2D eigenvalue weighted by Crippen LogP contribution is -2.35. The standard InChI is InChI=1S/C20H21ClN2O2S/c1-12(2)22-20-23(13(3)4)19(24)18(26-20)11-16-8-9-17(25-16)14-6-5-7-15(21)10-14/h5-13H,1-4H3/b18-11+,22-20?. The summed E-state index contributed by atoms with van der Waals surface area (Å²) in [7, 11) is 0. The highest BCUT2D eigenvalue weighted by molar-refractivity contribution is 8.18. The van der Waals surface area contributed by atoms with Gasteiger partial charge in [0.1, 0.15) is 11.5 Å². The third kappa shape index (κ3) is 4.05. The van der Waals surface area contributed by atoms with Gasteiger partial charge in [-0.25, -0.2) is 0 Å². The molecular weight excluding hydrogens is 368 g/mol. The number of hydrogen-bond donors (Lipinski definition) is 0. The summed E-state index contributed by atoms with van der Waals surface area (Å²) < 4.78 is 5.89. The summed E-state index contributed by atoms with van der Waals surface area (Å²) in [6.07, 6.45) is 1.78. The lowest BCUT2D eigenvalue weighted by atomic mass is 10.2. The maximum Gasteiger partial charge on any atom is 0.267 e. The van der Waals surface area contributed by atoms with Gasteiger partial charge in [-0.1, -0.05) is 23.7 Å². The summed E-state index contributed by atoms with van der Waals surface area (Å²) in [5.74, 6) is 1.31. The van der Waals surface area contributed by atoms with Crippen molar-refractivity contribution in [1.82, 2.24) is 4.90 Å². The van der Waals surface area contributed by atoms with E-state index in [1.807, 2.05) is 64.1 Å². The number of benzene rings is 1. The van der Waals surface area contributed by atoms with Crippen LogP contribution in [0.15, 0.2) is 50.7 Å². The van der Waals surface area contributed by atoms with Gasteiger partial charge in [-0.2, -0.15) is 0 Å². The zero-order valence-corrected chi connectivity index (χ0v) is 16.8. The lowest BCUT2D eigenvalue weighted by Gasteiger charge is -2.20. The molecule has 1 amide bonds. The van der Waals surface area contributed by atoms with Gasteiger partial charge >= 0.3 is 0 Å². The second-order valence-electron chi connectivity index (χ2n) is 6.60. The molecule has 0 unspecified atom stereocenters. The molecule has 1 aromatic carbocycles. The van der Waals surface area contributed by atoms with E-state index in [2.05, 4.69) is 4.99 Å². The normalized spacial score (nSPS) is 18.1. The van der Waals surface area contributed by atoms with Crippen LogP contribution in [0.4, 0.5) is 0 Å². The predicted octanol–water partition coefficient (Wildman–Crippen LogP) is 5.69. The Hall–Kier alpha value is -1.98. The largest absolute Gasteiger partial charge is 0.457 e. The van der Waals surface area contributed by atoms with E-state index in [1.54, 1.807) is 11.0 Å². The third-order valence-corrected chi connectivity index (χ3v) is 4.96. The quantitative estimate of drug-likeness (QED) is 0.632. The maximum absolute atomic E-state index is 12.8. The Balaban J connectivity index is 1.90. The van der Waals surface area contributed by atoms with E-state index >= 15 is 0 Å². The number of aliphatic imine (C=N–C) groups is 1. The molecule has 0 saturated carbocycles. The third-order valence-electron chi connectivity index (χ3n) is 3.73. The first-order valence-corrected chi connectivity index (χ1v) is 9.71. The fraction of sp³-hybridized carbons (Fsp3) is 0.300. The van der Waals surface area contributed by atoms with Gasteiger partial charge in [-0.15, -0.1) is 0 Å². The van der Waals surface area contributed by atoms with Crippen molar-refractivity contribution < 1.29 is 9.21 Å². The molecule has 0 atom stereocenters. The number of nitrogens with zero attached hydrogens (tertiary/aromatic N) is 2. The van der Waals surface area contributed by atoms with Crippen LogP contribution >= 0.6 is 23.4 Å². The molecule has 136 valence electrons. The van der Waals surface area contributed by atoms with Crippen molar-refractivity contribution in [2.75, 3.05) is 0 Å². The molecule has 0 radical (unpaired) electrons. The van der Waals surface area contributed by atoms with Crippen LogP contribution in [0.1, 0.15) is 33.5 Å². The number of furan rings is 1.